The van der Waals surface area contributed by atoms with Gasteiger partial charge in [0.2, 0.25) is 5.91 Å². The van der Waals surface area contributed by atoms with Gasteiger partial charge < -0.3 is 10.1 Å². The van der Waals surface area contributed by atoms with Gasteiger partial charge in [0.15, 0.2) is 0 Å². The Labute approximate surface area is 131 Å². The Bertz CT molecular complexity index is 624. The third kappa shape index (κ3) is 3.95. The highest BCUT2D eigenvalue weighted by Crippen LogP contribution is 2.19. The lowest BCUT2D eigenvalue weighted by Gasteiger charge is -2.25. The zero-order valence-electron chi connectivity index (χ0n) is 12.6. The third-order valence-corrected chi connectivity index (χ3v) is 4.05. The standard InChI is InChI=1S/C19H21NO2/c21-19(11-10-15-6-2-1-3-7-15)20-13-18-12-16-8-4-5-9-17(16)14-22-18/h1-9,18H,10-14H2,(H,20,21). The van der Waals surface area contributed by atoms with E-state index in [0.29, 0.717) is 19.6 Å². The van der Waals surface area contributed by atoms with Gasteiger partial charge in [-0.05, 0) is 23.1 Å². The first-order valence-electron chi connectivity index (χ1n) is 7.80. The van der Waals surface area contributed by atoms with Crippen LogP contribution in [-0.2, 0) is 29.0 Å². The van der Waals surface area contributed by atoms with Crippen molar-refractivity contribution in [3.8, 4) is 0 Å². The van der Waals surface area contributed by atoms with Gasteiger partial charge in [-0.2, -0.15) is 0 Å². The zero-order chi connectivity index (χ0) is 15.2. The van der Waals surface area contributed by atoms with E-state index in [2.05, 4.69) is 35.6 Å². The Morgan fingerprint density at radius 2 is 1.77 bits per heavy atom. The molecular weight excluding hydrogens is 274 g/mol. The van der Waals surface area contributed by atoms with Crippen LogP contribution in [0.25, 0.3) is 0 Å². The predicted octanol–water partition coefficient (Wildman–Crippen LogP) is 2.88. The van der Waals surface area contributed by atoms with Crippen molar-refractivity contribution in [1.29, 1.82) is 0 Å². The lowest BCUT2D eigenvalue weighted by atomic mass is 9.99. The van der Waals surface area contributed by atoms with Crippen molar-refractivity contribution in [3.63, 3.8) is 0 Å². The second kappa shape index (κ2) is 7.23. The molecule has 0 bridgehead atoms. The first-order valence-corrected chi connectivity index (χ1v) is 7.80. The summed E-state index contributed by atoms with van der Waals surface area (Å²) in [6, 6.07) is 18.4. The molecule has 0 aromatic heterocycles. The molecule has 2 aromatic carbocycles. The zero-order valence-corrected chi connectivity index (χ0v) is 12.6. The van der Waals surface area contributed by atoms with Crippen molar-refractivity contribution >= 4 is 5.91 Å². The molecule has 114 valence electrons. The highest BCUT2D eigenvalue weighted by molar-refractivity contribution is 5.76. The maximum atomic E-state index is 11.9. The maximum absolute atomic E-state index is 11.9. The van der Waals surface area contributed by atoms with E-state index in [-0.39, 0.29) is 12.0 Å². The molecule has 3 heteroatoms. The number of nitrogens with one attached hydrogen (secondary N) is 1. The largest absolute Gasteiger partial charge is 0.371 e. The fraction of sp³-hybridized carbons (Fsp3) is 0.316. The molecule has 1 N–H and O–H groups in total. The van der Waals surface area contributed by atoms with E-state index in [1.807, 2.05) is 24.3 Å². The van der Waals surface area contributed by atoms with Crippen LogP contribution >= 0.6 is 0 Å². The van der Waals surface area contributed by atoms with Gasteiger partial charge in [0.05, 0.1) is 12.7 Å². The summed E-state index contributed by atoms with van der Waals surface area (Å²) in [5, 5.41) is 2.99. The normalized spacial score (nSPS) is 16.8. The number of aryl methyl sites for hydroxylation is 1. The van der Waals surface area contributed by atoms with Crippen molar-refractivity contribution in [2.45, 2.75) is 32.0 Å². The van der Waals surface area contributed by atoms with Crippen LogP contribution in [-0.4, -0.2) is 18.6 Å². The first-order chi connectivity index (χ1) is 10.8. The quantitative estimate of drug-likeness (QED) is 0.921. The Hall–Kier alpha value is -2.13. The number of ether oxygens (including phenoxy) is 1. The summed E-state index contributed by atoms with van der Waals surface area (Å²) in [7, 11) is 0. The molecule has 2 aromatic rings. The minimum Gasteiger partial charge on any atom is -0.371 e. The minimum absolute atomic E-state index is 0.0792. The maximum Gasteiger partial charge on any atom is 0.220 e. The summed E-state index contributed by atoms with van der Waals surface area (Å²) in [6.07, 6.45) is 2.25. The molecule has 0 saturated carbocycles. The number of carbonyl (C=O) groups is 1. The Morgan fingerprint density at radius 3 is 2.59 bits per heavy atom. The molecule has 22 heavy (non-hydrogen) atoms. The first kappa shape index (κ1) is 14.8. The molecule has 0 spiro atoms. The second-order valence-corrected chi connectivity index (χ2v) is 5.70. The highest BCUT2D eigenvalue weighted by atomic mass is 16.5. The summed E-state index contributed by atoms with van der Waals surface area (Å²) in [6.45, 7) is 1.22. The van der Waals surface area contributed by atoms with E-state index >= 15 is 0 Å². The van der Waals surface area contributed by atoms with Crippen LogP contribution in [0.15, 0.2) is 54.6 Å². The number of hydrogen-bond donors (Lipinski definition) is 1. The molecule has 0 aliphatic carbocycles. The Kier molecular flexibility index (Phi) is 4.86. The molecule has 3 nitrogen and oxygen atoms in total. The predicted molar refractivity (Wildman–Crippen MR) is 86.5 cm³/mol. The van der Waals surface area contributed by atoms with Crippen LogP contribution in [0.3, 0.4) is 0 Å². The van der Waals surface area contributed by atoms with Crippen LogP contribution < -0.4 is 5.32 Å². The lowest BCUT2D eigenvalue weighted by Crippen LogP contribution is -2.36. The van der Waals surface area contributed by atoms with Crippen molar-refractivity contribution in [2.75, 3.05) is 6.54 Å². The van der Waals surface area contributed by atoms with Gasteiger partial charge in [-0.15, -0.1) is 0 Å². The van der Waals surface area contributed by atoms with Crippen molar-refractivity contribution in [3.05, 3.63) is 71.3 Å². The third-order valence-electron chi connectivity index (χ3n) is 4.05. The Balaban J connectivity index is 1.42. The van der Waals surface area contributed by atoms with E-state index in [9.17, 15) is 4.79 Å². The fourth-order valence-corrected chi connectivity index (χ4v) is 2.76. The molecule has 1 atom stereocenters. The summed E-state index contributed by atoms with van der Waals surface area (Å²) < 4.78 is 5.80. The summed E-state index contributed by atoms with van der Waals surface area (Å²) in [5.41, 5.74) is 3.78. The van der Waals surface area contributed by atoms with Crippen molar-refractivity contribution in [1.82, 2.24) is 5.32 Å². The van der Waals surface area contributed by atoms with Crippen LogP contribution in [0.1, 0.15) is 23.1 Å². The van der Waals surface area contributed by atoms with Gasteiger partial charge in [-0.1, -0.05) is 54.6 Å². The number of rotatable bonds is 5. The second-order valence-electron chi connectivity index (χ2n) is 5.70. The summed E-state index contributed by atoms with van der Waals surface area (Å²) in [5.74, 6) is 0.0892. The van der Waals surface area contributed by atoms with Gasteiger partial charge in [0.25, 0.3) is 0 Å². The van der Waals surface area contributed by atoms with Gasteiger partial charge in [0.1, 0.15) is 0 Å². The number of benzene rings is 2. The molecule has 1 heterocycles. The SMILES string of the molecule is O=C(CCc1ccccc1)NCC1Cc2ccccc2CO1. The minimum atomic E-state index is 0.0792. The Morgan fingerprint density at radius 1 is 1.05 bits per heavy atom. The molecule has 1 amide bonds. The number of hydrogen-bond acceptors (Lipinski definition) is 2. The van der Waals surface area contributed by atoms with Crippen LogP contribution in [0, 0.1) is 0 Å². The molecule has 3 rings (SSSR count). The van der Waals surface area contributed by atoms with E-state index < -0.39 is 0 Å². The van der Waals surface area contributed by atoms with Crippen molar-refractivity contribution in [2.24, 2.45) is 0 Å². The van der Waals surface area contributed by atoms with Crippen LogP contribution in [0.5, 0.6) is 0 Å². The molecule has 1 aliphatic rings. The highest BCUT2D eigenvalue weighted by Gasteiger charge is 2.19. The lowest BCUT2D eigenvalue weighted by molar-refractivity contribution is -0.121. The summed E-state index contributed by atoms with van der Waals surface area (Å²) in [4.78, 5) is 11.9. The van der Waals surface area contributed by atoms with Gasteiger partial charge >= 0.3 is 0 Å². The monoisotopic (exact) mass is 295 g/mol. The molecule has 0 fully saturated rings. The van der Waals surface area contributed by atoms with Gasteiger partial charge in [-0.25, -0.2) is 0 Å². The van der Waals surface area contributed by atoms with Gasteiger partial charge in [-0.3, -0.25) is 4.79 Å². The fourth-order valence-electron chi connectivity index (χ4n) is 2.76. The smallest absolute Gasteiger partial charge is 0.220 e. The molecular formula is C19H21NO2. The average Bonchev–Trinajstić information content (AvgIpc) is 2.59. The number of carbonyl (C=O) groups excluding carboxylic acids is 1. The topological polar surface area (TPSA) is 38.3 Å². The molecule has 1 aliphatic heterocycles. The van der Waals surface area contributed by atoms with Crippen molar-refractivity contribution < 1.29 is 9.53 Å². The van der Waals surface area contributed by atoms with E-state index in [1.54, 1.807) is 0 Å². The van der Waals surface area contributed by atoms with E-state index in [0.717, 1.165) is 12.8 Å². The van der Waals surface area contributed by atoms with Gasteiger partial charge in [0, 0.05) is 19.4 Å². The molecule has 1 unspecified atom stereocenters. The molecule has 0 saturated heterocycles. The number of fused-ring (bicyclic) bond motifs is 1. The average molecular weight is 295 g/mol. The van der Waals surface area contributed by atoms with Crippen LogP contribution in [0.4, 0.5) is 0 Å². The van der Waals surface area contributed by atoms with Crippen LogP contribution in [0.2, 0.25) is 0 Å². The molecule has 0 radical (unpaired) electrons. The van der Waals surface area contributed by atoms with E-state index in [1.165, 1.54) is 16.7 Å². The summed E-state index contributed by atoms with van der Waals surface area (Å²) >= 11 is 0. The number of amides is 1. The van der Waals surface area contributed by atoms with E-state index in [4.69, 9.17) is 4.74 Å².